The van der Waals surface area contributed by atoms with Crippen LogP contribution >= 0.6 is 0 Å². The third-order valence-corrected chi connectivity index (χ3v) is 7.66. The van der Waals surface area contributed by atoms with Crippen LogP contribution in [0.5, 0.6) is 0 Å². The molecule has 0 radical (unpaired) electrons. The van der Waals surface area contributed by atoms with Crippen molar-refractivity contribution in [2.75, 3.05) is 0 Å². The minimum Gasteiger partial charge on any atom is -0.372 e. The molecule has 1 unspecified atom stereocenters. The summed E-state index contributed by atoms with van der Waals surface area (Å²) in [5.41, 5.74) is 0.539. The topological polar surface area (TPSA) is 9.23 Å². The van der Waals surface area contributed by atoms with Gasteiger partial charge in [0.05, 0.1) is 11.7 Å². The van der Waals surface area contributed by atoms with Crippen molar-refractivity contribution in [3.8, 4) is 0 Å². The zero-order valence-corrected chi connectivity index (χ0v) is 15.6. The molecule has 1 nitrogen and oxygen atoms in total. The SMILES string of the molecule is CC1(C)CCC[C@]2(C)C3C[C@@H](CCCC(F)(F)F)O[C@]3(C)CC[C@@H]12. The van der Waals surface area contributed by atoms with Gasteiger partial charge in [0.25, 0.3) is 0 Å². The summed E-state index contributed by atoms with van der Waals surface area (Å²) in [6.07, 6.45) is 3.08. The molecule has 0 N–H and O–H groups in total. The Morgan fingerprint density at radius 3 is 2.38 bits per heavy atom. The number of hydrogen-bond donors (Lipinski definition) is 0. The molecule has 0 aromatic rings. The molecule has 3 aliphatic rings. The Bertz CT molecular complexity index is 472. The fourth-order valence-corrected chi connectivity index (χ4v) is 6.66. The van der Waals surface area contributed by atoms with Gasteiger partial charge in [0.2, 0.25) is 0 Å². The summed E-state index contributed by atoms with van der Waals surface area (Å²) in [6, 6.07) is 0. The third kappa shape index (κ3) is 3.24. The van der Waals surface area contributed by atoms with Gasteiger partial charge in [0.1, 0.15) is 0 Å². The van der Waals surface area contributed by atoms with E-state index in [1.807, 2.05) is 0 Å². The minimum absolute atomic E-state index is 0.0166. The van der Waals surface area contributed by atoms with Crippen LogP contribution in [-0.4, -0.2) is 17.9 Å². The van der Waals surface area contributed by atoms with E-state index in [9.17, 15) is 13.2 Å². The molecule has 2 aliphatic carbocycles. The number of ether oxygens (including phenoxy) is 1. The van der Waals surface area contributed by atoms with Crippen LogP contribution in [-0.2, 0) is 4.74 Å². The molecule has 1 heterocycles. The Morgan fingerprint density at radius 1 is 1.00 bits per heavy atom. The van der Waals surface area contributed by atoms with Crippen molar-refractivity contribution in [2.24, 2.45) is 22.7 Å². The smallest absolute Gasteiger partial charge is 0.372 e. The first-order valence-electron chi connectivity index (χ1n) is 9.71. The molecule has 3 fully saturated rings. The van der Waals surface area contributed by atoms with Gasteiger partial charge in [-0.15, -0.1) is 0 Å². The maximum Gasteiger partial charge on any atom is 0.389 e. The first-order valence-corrected chi connectivity index (χ1v) is 9.71. The van der Waals surface area contributed by atoms with E-state index in [2.05, 4.69) is 27.7 Å². The predicted octanol–water partition coefficient (Wildman–Crippen LogP) is 6.51. The number of rotatable bonds is 3. The lowest BCUT2D eigenvalue weighted by atomic mass is 9.45. The molecule has 1 aliphatic heterocycles. The van der Waals surface area contributed by atoms with Gasteiger partial charge in [-0.05, 0) is 74.5 Å². The second-order valence-electron chi connectivity index (χ2n) is 9.79. The van der Waals surface area contributed by atoms with E-state index in [0.29, 0.717) is 23.7 Å². The lowest BCUT2D eigenvalue weighted by molar-refractivity contribution is -0.156. The van der Waals surface area contributed by atoms with Crippen LogP contribution in [0.3, 0.4) is 0 Å². The number of halogens is 3. The molecule has 0 amide bonds. The molecule has 0 aromatic heterocycles. The van der Waals surface area contributed by atoms with Gasteiger partial charge in [-0.3, -0.25) is 0 Å². The normalized spacial score (nSPS) is 44.9. The average Bonchev–Trinajstić information content (AvgIpc) is 2.74. The van der Waals surface area contributed by atoms with E-state index in [0.717, 1.165) is 12.8 Å². The molecule has 3 rings (SSSR count). The first-order chi connectivity index (χ1) is 11.0. The van der Waals surface area contributed by atoms with E-state index < -0.39 is 12.6 Å². The maximum absolute atomic E-state index is 12.4. The molecule has 0 aromatic carbocycles. The molecule has 4 heteroatoms. The predicted molar refractivity (Wildman–Crippen MR) is 89.8 cm³/mol. The standard InChI is InChI=1S/C20H33F3O/c1-17(2)9-6-10-18(3)15(17)8-12-19(4)16(18)13-14(24-19)7-5-11-20(21,22)23/h14-16H,5-13H2,1-4H3/t14-,15+,16?,18+,19-/m1/s1. The summed E-state index contributed by atoms with van der Waals surface area (Å²) >= 11 is 0. The molecule has 0 spiro atoms. The maximum atomic E-state index is 12.4. The van der Waals surface area contributed by atoms with Gasteiger partial charge in [-0.25, -0.2) is 0 Å². The third-order valence-electron chi connectivity index (χ3n) is 7.66. The van der Waals surface area contributed by atoms with Crippen molar-refractivity contribution in [2.45, 2.75) is 103 Å². The minimum atomic E-state index is -4.04. The Hall–Kier alpha value is -0.250. The van der Waals surface area contributed by atoms with Crippen molar-refractivity contribution in [1.29, 1.82) is 0 Å². The van der Waals surface area contributed by atoms with Crippen LogP contribution in [0.2, 0.25) is 0 Å². The summed E-state index contributed by atoms with van der Waals surface area (Å²) < 4.78 is 43.7. The first kappa shape index (κ1) is 18.5. The van der Waals surface area contributed by atoms with Gasteiger partial charge in [0.15, 0.2) is 0 Å². The van der Waals surface area contributed by atoms with Crippen LogP contribution in [0.15, 0.2) is 0 Å². The second-order valence-corrected chi connectivity index (χ2v) is 9.79. The van der Waals surface area contributed by atoms with E-state index >= 15 is 0 Å². The van der Waals surface area contributed by atoms with E-state index in [4.69, 9.17) is 4.74 Å². The van der Waals surface area contributed by atoms with Crippen LogP contribution in [0.1, 0.15) is 85.5 Å². The summed E-state index contributed by atoms with van der Waals surface area (Å²) in [6.45, 7) is 9.50. The highest BCUT2D eigenvalue weighted by Crippen LogP contribution is 2.65. The van der Waals surface area contributed by atoms with Gasteiger partial charge in [-0.2, -0.15) is 13.2 Å². The van der Waals surface area contributed by atoms with E-state index in [-0.39, 0.29) is 23.5 Å². The lowest BCUT2D eigenvalue weighted by Gasteiger charge is -2.60. The van der Waals surface area contributed by atoms with Gasteiger partial charge in [0, 0.05) is 6.42 Å². The molecular weight excluding hydrogens is 313 g/mol. The highest BCUT2D eigenvalue weighted by atomic mass is 19.4. The fourth-order valence-electron chi connectivity index (χ4n) is 6.66. The highest BCUT2D eigenvalue weighted by Gasteiger charge is 2.61. The molecular formula is C20H33F3O. The van der Waals surface area contributed by atoms with Crippen molar-refractivity contribution < 1.29 is 17.9 Å². The zero-order valence-electron chi connectivity index (χ0n) is 15.6. The molecule has 0 bridgehead atoms. The Morgan fingerprint density at radius 2 is 1.71 bits per heavy atom. The Kier molecular flexibility index (Phi) is 4.55. The monoisotopic (exact) mass is 346 g/mol. The summed E-state index contributed by atoms with van der Waals surface area (Å²) in [7, 11) is 0. The Balaban J connectivity index is 1.71. The van der Waals surface area contributed by atoms with Crippen molar-refractivity contribution in [3.05, 3.63) is 0 Å². The Labute approximate surface area is 144 Å². The van der Waals surface area contributed by atoms with Crippen LogP contribution in [0.25, 0.3) is 0 Å². The van der Waals surface area contributed by atoms with Gasteiger partial charge < -0.3 is 4.74 Å². The summed E-state index contributed by atoms with van der Waals surface area (Å²) in [5.74, 6) is 1.22. The molecule has 1 saturated heterocycles. The number of hydrogen-bond acceptors (Lipinski definition) is 1. The lowest BCUT2D eigenvalue weighted by Crippen LogP contribution is -2.55. The van der Waals surface area contributed by atoms with Crippen molar-refractivity contribution in [1.82, 2.24) is 0 Å². The summed E-state index contributed by atoms with van der Waals surface area (Å²) in [4.78, 5) is 0. The van der Waals surface area contributed by atoms with Crippen molar-refractivity contribution in [3.63, 3.8) is 0 Å². The number of fused-ring (bicyclic) bond motifs is 3. The quantitative estimate of drug-likeness (QED) is 0.566. The average molecular weight is 346 g/mol. The second kappa shape index (κ2) is 5.89. The summed E-state index contributed by atoms with van der Waals surface area (Å²) in [5, 5.41) is 0. The largest absolute Gasteiger partial charge is 0.389 e. The molecule has 5 atom stereocenters. The van der Waals surface area contributed by atoms with Crippen LogP contribution in [0.4, 0.5) is 13.2 Å². The highest BCUT2D eigenvalue weighted by molar-refractivity contribution is 5.10. The fraction of sp³-hybridized carbons (Fsp3) is 1.00. The van der Waals surface area contributed by atoms with Crippen LogP contribution < -0.4 is 0 Å². The molecule has 24 heavy (non-hydrogen) atoms. The van der Waals surface area contributed by atoms with E-state index in [1.54, 1.807) is 0 Å². The van der Waals surface area contributed by atoms with Gasteiger partial charge >= 0.3 is 6.18 Å². The van der Waals surface area contributed by atoms with Crippen molar-refractivity contribution >= 4 is 0 Å². The molecule has 140 valence electrons. The molecule has 2 saturated carbocycles. The number of alkyl halides is 3. The van der Waals surface area contributed by atoms with Gasteiger partial charge in [-0.1, -0.05) is 27.2 Å². The van der Waals surface area contributed by atoms with Crippen LogP contribution in [0, 0.1) is 22.7 Å². The zero-order chi connectivity index (χ0) is 17.8. The van der Waals surface area contributed by atoms with E-state index in [1.165, 1.54) is 25.7 Å².